The summed E-state index contributed by atoms with van der Waals surface area (Å²) < 4.78 is 0.795. The van der Waals surface area contributed by atoms with E-state index < -0.39 is 5.97 Å². The van der Waals surface area contributed by atoms with Gasteiger partial charge in [0.2, 0.25) is 0 Å². The van der Waals surface area contributed by atoms with Crippen LogP contribution in [-0.2, 0) is 12.8 Å². The molecule has 2 aromatic rings. The molecule has 1 aromatic carbocycles. The molecule has 0 unspecified atom stereocenters. The van der Waals surface area contributed by atoms with E-state index in [9.17, 15) is 9.90 Å². The van der Waals surface area contributed by atoms with E-state index >= 15 is 0 Å². The second kappa shape index (κ2) is 4.28. The molecule has 0 aliphatic heterocycles. The monoisotopic (exact) mass is 327 g/mol. The first-order valence-corrected chi connectivity index (χ1v) is 7.01. The minimum Gasteiger partial charge on any atom is -0.478 e. The third-order valence-corrected chi connectivity index (χ3v) is 4.85. The molecule has 18 heavy (non-hydrogen) atoms. The molecule has 0 radical (unpaired) electrons. The van der Waals surface area contributed by atoms with Crippen molar-refractivity contribution in [1.29, 1.82) is 0 Å². The van der Waals surface area contributed by atoms with Gasteiger partial charge in [0.15, 0.2) is 0 Å². The molecule has 0 saturated heterocycles. The van der Waals surface area contributed by atoms with Crippen molar-refractivity contribution in [1.82, 2.24) is 4.98 Å². The molecular weight excluding hydrogens is 318 g/mol. The van der Waals surface area contributed by atoms with Crippen LogP contribution in [0.15, 0.2) is 10.5 Å². The minimum absolute atomic E-state index is 0.243. The van der Waals surface area contributed by atoms with Crippen LogP contribution in [0, 0.1) is 0 Å². The van der Waals surface area contributed by atoms with Crippen LogP contribution in [0.2, 0.25) is 5.02 Å². The molecule has 3 rings (SSSR count). The van der Waals surface area contributed by atoms with Crippen molar-refractivity contribution < 1.29 is 9.90 Å². The molecule has 3 nitrogen and oxygen atoms in total. The molecule has 0 bridgehead atoms. The van der Waals surface area contributed by atoms with E-state index in [2.05, 4.69) is 20.9 Å². The Labute approximate surface area is 117 Å². The third kappa shape index (κ3) is 1.67. The van der Waals surface area contributed by atoms with Crippen LogP contribution in [0.3, 0.4) is 0 Å². The average molecular weight is 329 g/mol. The summed E-state index contributed by atoms with van der Waals surface area (Å²) in [4.78, 5) is 14.6. The van der Waals surface area contributed by atoms with Crippen LogP contribution in [0.1, 0.15) is 34.5 Å². The van der Waals surface area contributed by atoms with E-state index in [0.29, 0.717) is 10.5 Å². The molecule has 94 valence electrons. The summed E-state index contributed by atoms with van der Waals surface area (Å²) in [6.07, 6.45) is 4.25. The SMILES string of the molecule is O=C(O)c1cc(Cl)c(Br)c2c3c([nH]c12)CCCC3. The topological polar surface area (TPSA) is 53.1 Å². The molecule has 2 N–H and O–H groups in total. The maximum Gasteiger partial charge on any atom is 0.337 e. The Kier molecular flexibility index (Phi) is 2.87. The van der Waals surface area contributed by atoms with Gasteiger partial charge in [0.05, 0.1) is 16.1 Å². The highest BCUT2D eigenvalue weighted by atomic mass is 79.9. The number of carbonyl (C=O) groups is 1. The standard InChI is InChI=1S/C13H11BrClNO2/c14-11-8(15)5-7(13(17)18)12-10(11)6-3-1-2-4-9(6)16-12/h5,16H,1-4H2,(H,17,18). The quantitative estimate of drug-likeness (QED) is 0.826. The molecule has 1 aliphatic carbocycles. The fourth-order valence-electron chi connectivity index (χ4n) is 2.68. The van der Waals surface area contributed by atoms with Gasteiger partial charge in [-0.25, -0.2) is 4.79 Å². The molecule has 0 spiro atoms. The number of hydrogen-bond acceptors (Lipinski definition) is 1. The van der Waals surface area contributed by atoms with Gasteiger partial charge in [-0.15, -0.1) is 0 Å². The summed E-state index contributed by atoms with van der Waals surface area (Å²) in [6, 6.07) is 1.50. The van der Waals surface area contributed by atoms with Crippen molar-refractivity contribution in [2.45, 2.75) is 25.7 Å². The summed E-state index contributed by atoms with van der Waals surface area (Å²) in [6.45, 7) is 0. The number of rotatable bonds is 1. The predicted molar refractivity (Wildman–Crippen MR) is 74.6 cm³/mol. The van der Waals surface area contributed by atoms with Crippen LogP contribution >= 0.6 is 27.5 Å². The fourth-order valence-corrected chi connectivity index (χ4v) is 3.43. The van der Waals surface area contributed by atoms with Crippen LogP contribution in [0.5, 0.6) is 0 Å². The highest BCUT2D eigenvalue weighted by Crippen LogP contribution is 2.39. The molecule has 0 amide bonds. The van der Waals surface area contributed by atoms with Crippen LogP contribution < -0.4 is 0 Å². The Morgan fingerprint density at radius 2 is 2.11 bits per heavy atom. The van der Waals surface area contributed by atoms with Gasteiger partial charge in [-0.1, -0.05) is 11.6 Å². The zero-order valence-corrected chi connectivity index (χ0v) is 11.9. The first-order valence-electron chi connectivity index (χ1n) is 5.84. The first kappa shape index (κ1) is 12.1. The lowest BCUT2D eigenvalue weighted by atomic mass is 9.95. The Bertz CT molecular complexity index is 663. The van der Waals surface area contributed by atoms with E-state index in [1.165, 1.54) is 11.6 Å². The average Bonchev–Trinajstić information content (AvgIpc) is 2.72. The van der Waals surface area contributed by atoms with Gasteiger partial charge in [0, 0.05) is 15.6 Å². The van der Waals surface area contributed by atoms with Crippen molar-refractivity contribution >= 4 is 44.4 Å². The number of H-pyrrole nitrogens is 1. The Balaban J connectivity index is 2.43. The van der Waals surface area contributed by atoms with Gasteiger partial charge in [-0.05, 0) is 53.2 Å². The highest BCUT2D eigenvalue weighted by Gasteiger charge is 2.22. The number of carboxylic acids is 1. The van der Waals surface area contributed by atoms with E-state index in [1.807, 2.05) is 0 Å². The van der Waals surface area contributed by atoms with E-state index in [4.69, 9.17) is 11.6 Å². The number of hydrogen-bond donors (Lipinski definition) is 2. The summed E-state index contributed by atoms with van der Waals surface area (Å²) in [5.74, 6) is -0.951. The van der Waals surface area contributed by atoms with Crippen molar-refractivity contribution in [3.63, 3.8) is 0 Å². The fraction of sp³-hybridized carbons (Fsp3) is 0.308. The van der Waals surface area contributed by atoms with Crippen molar-refractivity contribution in [3.05, 3.63) is 32.4 Å². The van der Waals surface area contributed by atoms with Gasteiger partial charge in [0.1, 0.15) is 0 Å². The van der Waals surface area contributed by atoms with Crippen LogP contribution in [0.4, 0.5) is 0 Å². The number of benzene rings is 1. The predicted octanol–water partition coefficient (Wildman–Crippen LogP) is 4.16. The molecule has 1 aromatic heterocycles. The minimum atomic E-state index is -0.951. The Morgan fingerprint density at radius 1 is 1.39 bits per heavy atom. The lowest BCUT2D eigenvalue weighted by Crippen LogP contribution is -2.00. The van der Waals surface area contributed by atoms with Crippen molar-refractivity contribution in [3.8, 4) is 0 Å². The molecule has 0 fully saturated rings. The second-order valence-corrected chi connectivity index (χ2v) is 5.76. The van der Waals surface area contributed by atoms with Gasteiger partial charge in [0.25, 0.3) is 0 Å². The lowest BCUT2D eigenvalue weighted by Gasteiger charge is -2.11. The van der Waals surface area contributed by atoms with Gasteiger partial charge in [-0.2, -0.15) is 0 Å². The molecular formula is C13H11BrClNO2. The first-order chi connectivity index (χ1) is 8.59. The van der Waals surface area contributed by atoms with E-state index in [-0.39, 0.29) is 5.56 Å². The summed E-state index contributed by atoms with van der Waals surface area (Å²) in [5.41, 5.74) is 3.30. The molecule has 1 heterocycles. The largest absolute Gasteiger partial charge is 0.478 e. The van der Waals surface area contributed by atoms with Crippen molar-refractivity contribution in [2.24, 2.45) is 0 Å². The van der Waals surface area contributed by atoms with Crippen LogP contribution in [0.25, 0.3) is 10.9 Å². The Hall–Kier alpha value is -1.00. The number of aromatic amines is 1. The van der Waals surface area contributed by atoms with Gasteiger partial charge >= 0.3 is 5.97 Å². The number of aromatic nitrogens is 1. The number of halogens is 2. The third-order valence-electron chi connectivity index (χ3n) is 3.50. The maximum absolute atomic E-state index is 11.3. The van der Waals surface area contributed by atoms with Gasteiger partial charge in [-0.3, -0.25) is 0 Å². The zero-order valence-electron chi connectivity index (χ0n) is 9.52. The lowest BCUT2D eigenvalue weighted by molar-refractivity contribution is 0.0699. The number of fused-ring (bicyclic) bond motifs is 3. The smallest absolute Gasteiger partial charge is 0.337 e. The number of aryl methyl sites for hydroxylation is 2. The normalized spacial score (nSPS) is 14.8. The molecule has 5 heteroatoms. The second-order valence-electron chi connectivity index (χ2n) is 4.56. The summed E-state index contributed by atoms with van der Waals surface area (Å²) in [7, 11) is 0. The molecule has 0 saturated carbocycles. The van der Waals surface area contributed by atoms with Crippen LogP contribution in [-0.4, -0.2) is 16.1 Å². The van der Waals surface area contributed by atoms with E-state index in [1.54, 1.807) is 0 Å². The maximum atomic E-state index is 11.3. The Morgan fingerprint density at radius 3 is 2.83 bits per heavy atom. The van der Waals surface area contributed by atoms with E-state index in [0.717, 1.165) is 41.2 Å². The summed E-state index contributed by atoms with van der Waals surface area (Å²) >= 11 is 9.59. The highest BCUT2D eigenvalue weighted by molar-refractivity contribution is 9.10. The van der Waals surface area contributed by atoms with Gasteiger partial charge < -0.3 is 10.1 Å². The molecule has 0 atom stereocenters. The zero-order chi connectivity index (χ0) is 12.9. The number of carboxylic acid groups (broad SMARTS) is 1. The number of nitrogens with one attached hydrogen (secondary N) is 1. The summed E-state index contributed by atoms with van der Waals surface area (Å²) in [5, 5.41) is 10.7. The van der Waals surface area contributed by atoms with Crippen molar-refractivity contribution in [2.75, 3.05) is 0 Å². The number of aromatic carboxylic acids is 1. The molecule has 1 aliphatic rings.